The van der Waals surface area contributed by atoms with Crippen LogP contribution in [-0.4, -0.2) is 37.1 Å². The Bertz CT molecular complexity index is 166. The third-order valence-corrected chi connectivity index (χ3v) is 3.49. The van der Waals surface area contributed by atoms with Crippen LogP contribution in [0.4, 0.5) is 0 Å². The minimum Gasteiger partial charge on any atom is -0.315 e. The molecule has 1 aliphatic rings. The van der Waals surface area contributed by atoms with E-state index in [4.69, 9.17) is 0 Å². The van der Waals surface area contributed by atoms with Crippen LogP contribution in [-0.2, 0) is 0 Å². The van der Waals surface area contributed by atoms with E-state index in [0.29, 0.717) is 0 Å². The van der Waals surface area contributed by atoms with Crippen LogP contribution in [0.3, 0.4) is 0 Å². The molecule has 1 fully saturated rings. The van der Waals surface area contributed by atoms with E-state index in [9.17, 15) is 0 Å². The lowest BCUT2D eigenvalue weighted by Crippen LogP contribution is -2.43. The van der Waals surface area contributed by atoms with Gasteiger partial charge < -0.3 is 5.32 Å². The molecular formula is C14H30N2. The van der Waals surface area contributed by atoms with Crippen molar-refractivity contribution in [1.82, 2.24) is 10.2 Å². The van der Waals surface area contributed by atoms with Crippen molar-refractivity contribution in [3.05, 3.63) is 0 Å². The van der Waals surface area contributed by atoms with Gasteiger partial charge in [-0.3, -0.25) is 4.90 Å². The maximum Gasteiger partial charge on any atom is 0.0218 e. The van der Waals surface area contributed by atoms with Crippen LogP contribution in [0, 0.1) is 5.92 Å². The Balaban J connectivity index is 2.30. The maximum absolute atomic E-state index is 3.58. The van der Waals surface area contributed by atoms with Gasteiger partial charge in [0.1, 0.15) is 0 Å². The fourth-order valence-corrected chi connectivity index (χ4v) is 2.32. The molecule has 0 radical (unpaired) electrons. The van der Waals surface area contributed by atoms with E-state index in [1.165, 1.54) is 58.3 Å². The summed E-state index contributed by atoms with van der Waals surface area (Å²) in [6.07, 6.45) is 6.76. The molecule has 0 heterocycles. The van der Waals surface area contributed by atoms with Crippen molar-refractivity contribution in [3.8, 4) is 0 Å². The molecule has 0 aliphatic heterocycles. The minimum absolute atomic E-state index is 0.757. The van der Waals surface area contributed by atoms with E-state index < -0.39 is 0 Å². The highest BCUT2D eigenvalue weighted by atomic mass is 15.2. The summed E-state index contributed by atoms with van der Waals surface area (Å²) in [5.74, 6) is 1.02. The molecule has 1 atom stereocenters. The van der Waals surface area contributed by atoms with E-state index in [0.717, 1.165) is 12.0 Å². The molecule has 1 N–H and O–H groups in total. The first-order chi connectivity index (χ1) is 7.81. The normalized spacial score (nSPS) is 18.0. The molecule has 0 aromatic heterocycles. The smallest absolute Gasteiger partial charge is 0.0218 e. The third-order valence-electron chi connectivity index (χ3n) is 3.49. The van der Waals surface area contributed by atoms with E-state index in [-0.39, 0.29) is 0 Å². The summed E-state index contributed by atoms with van der Waals surface area (Å²) >= 11 is 0. The minimum atomic E-state index is 0.757. The fraction of sp³-hybridized carbons (Fsp3) is 1.00. The van der Waals surface area contributed by atoms with Crippen LogP contribution >= 0.6 is 0 Å². The van der Waals surface area contributed by atoms with Crippen molar-refractivity contribution in [3.63, 3.8) is 0 Å². The van der Waals surface area contributed by atoms with Crippen molar-refractivity contribution >= 4 is 0 Å². The van der Waals surface area contributed by atoms with E-state index >= 15 is 0 Å². The quantitative estimate of drug-likeness (QED) is 0.576. The molecule has 0 saturated heterocycles. The Labute approximate surface area is 102 Å². The zero-order valence-corrected chi connectivity index (χ0v) is 11.5. The molecule has 0 aromatic carbocycles. The van der Waals surface area contributed by atoms with Gasteiger partial charge in [-0.2, -0.15) is 0 Å². The SMILES string of the molecule is CCCNCC(CC)N(CCC)CC1CC1. The molecule has 1 saturated carbocycles. The molecule has 1 rings (SSSR count). The summed E-state index contributed by atoms with van der Waals surface area (Å²) in [5, 5.41) is 3.58. The molecule has 2 heteroatoms. The molecule has 96 valence electrons. The topological polar surface area (TPSA) is 15.3 Å². The Kier molecular flexibility index (Phi) is 7.06. The second-order valence-corrected chi connectivity index (χ2v) is 5.20. The van der Waals surface area contributed by atoms with Gasteiger partial charge in [0.15, 0.2) is 0 Å². The van der Waals surface area contributed by atoms with E-state index in [2.05, 4.69) is 31.0 Å². The second-order valence-electron chi connectivity index (χ2n) is 5.20. The second kappa shape index (κ2) is 8.08. The van der Waals surface area contributed by atoms with Crippen molar-refractivity contribution in [2.24, 2.45) is 5.92 Å². The van der Waals surface area contributed by atoms with Gasteiger partial charge in [-0.15, -0.1) is 0 Å². The van der Waals surface area contributed by atoms with Crippen LogP contribution in [0.2, 0.25) is 0 Å². The van der Waals surface area contributed by atoms with Gasteiger partial charge in [0, 0.05) is 19.1 Å². The molecule has 0 spiro atoms. The predicted octanol–water partition coefficient (Wildman–Crippen LogP) is 2.89. The van der Waals surface area contributed by atoms with Crippen LogP contribution in [0.1, 0.15) is 52.9 Å². The van der Waals surface area contributed by atoms with Gasteiger partial charge >= 0.3 is 0 Å². The summed E-state index contributed by atoms with van der Waals surface area (Å²) in [4.78, 5) is 2.72. The zero-order valence-electron chi connectivity index (χ0n) is 11.5. The Morgan fingerprint density at radius 3 is 2.44 bits per heavy atom. The third kappa shape index (κ3) is 5.31. The standard InChI is InChI=1S/C14H30N2/c1-4-9-15-11-14(6-3)16(10-5-2)12-13-7-8-13/h13-15H,4-12H2,1-3H3. The number of nitrogens with zero attached hydrogens (tertiary/aromatic N) is 1. The van der Waals surface area contributed by atoms with Gasteiger partial charge in [-0.25, -0.2) is 0 Å². The first-order valence-corrected chi connectivity index (χ1v) is 7.26. The highest BCUT2D eigenvalue weighted by molar-refractivity contribution is 4.81. The lowest BCUT2D eigenvalue weighted by molar-refractivity contribution is 0.179. The summed E-state index contributed by atoms with van der Waals surface area (Å²) in [7, 11) is 0. The molecule has 1 aliphatic carbocycles. The van der Waals surface area contributed by atoms with Gasteiger partial charge in [0.2, 0.25) is 0 Å². The number of hydrogen-bond donors (Lipinski definition) is 1. The fourth-order valence-electron chi connectivity index (χ4n) is 2.32. The monoisotopic (exact) mass is 226 g/mol. The van der Waals surface area contributed by atoms with Crippen molar-refractivity contribution in [2.75, 3.05) is 26.2 Å². The highest BCUT2D eigenvalue weighted by Gasteiger charge is 2.26. The molecule has 16 heavy (non-hydrogen) atoms. The zero-order chi connectivity index (χ0) is 11.8. The first-order valence-electron chi connectivity index (χ1n) is 7.26. The molecule has 1 unspecified atom stereocenters. The van der Waals surface area contributed by atoms with Gasteiger partial charge in [-0.05, 0) is 51.1 Å². The first kappa shape index (κ1) is 14.0. The van der Waals surface area contributed by atoms with E-state index in [1.54, 1.807) is 0 Å². The van der Waals surface area contributed by atoms with Crippen molar-refractivity contribution < 1.29 is 0 Å². The highest BCUT2D eigenvalue weighted by Crippen LogP contribution is 2.30. The van der Waals surface area contributed by atoms with E-state index in [1.807, 2.05) is 0 Å². The average molecular weight is 226 g/mol. The lowest BCUT2D eigenvalue weighted by atomic mass is 10.1. The van der Waals surface area contributed by atoms with Gasteiger partial charge in [0.05, 0.1) is 0 Å². The molecule has 2 nitrogen and oxygen atoms in total. The average Bonchev–Trinajstić information content (AvgIpc) is 3.08. The van der Waals surface area contributed by atoms with Gasteiger partial charge in [-0.1, -0.05) is 20.8 Å². The number of hydrogen-bond acceptors (Lipinski definition) is 2. The maximum atomic E-state index is 3.58. The Morgan fingerprint density at radius 2 is 1.94 bits per heavy atom. The van der Waals surface area contributed by atoms with Crippen LogP contribution < -0.4 is 5.32 Å². The summed E-state index contributed by atoms with van der Waals surface area (Å²) < 4.78 is 0. The lowest BCUT2D eigenvalue weighted by Gasteiger charge is -2.31. The Hall–Kier alpha value is -0.0800. The largest absolute Gasteiger partial charge is 0.315 e. The number of nitrogens with one attached hydrogen (secondary N) is 1. The van der Waals surface area contributed by atoms with Crippen LogP contribution in [0.5, 0.6) is 0 Å². The van der Waals surface area contributed by atoms with Crippen molar-refractivity contribution in [1.29, 1.82) is 0 Å². The number of rotatable bonds is 10. The van der Waals surface area contributed by atoms with Crippen molar-refractivity contribution in [2.45, 2.75) is 58.9 Å². The van der Waals surface area contributed by atoms with Gasteiger partial charge in [0.25, 0.3) is 0 Å². The van der Waals surface area contributed by atoms with Crippen LogP contribution in [0.15, 0.2) is 0 Å². The summed E-state index contributed by atoms with van der Waals surface area (Å²) in [6.45, 7) is 11.8. The predicted molar refractivity (Wildman–Crippen MR) is 71.8 cm³/mol. The molecule has 0 aromatic rings. The molecule has 0 amide bonds. The summed E-state index contributed by atoms with van der Waals surface area (Å²) in [6, 6.07) is 0.757. The van der Waals surface area contributed by atoms with Crippen LogP contribution in [0.25, 0.3) is 0 Å². The summed E-state index contributed by atoms with van der Waals surface area (Å²) in [5.41, 5.74) is 0. The Morgan fingerprint density at radius 1 is 1.19 bits per heavy atom. The molecule has 0 bridgehead atoms. The molecular weight excluding hydrogens is 196 g/mol.